The molecule has 4 N–H and O–H groups in total. The van der Waals surface area contributed by atoms with E-state index in [9.17, 15) is 0 Å². The smallest absolute Gasteiger partial charge is 0.148 e. The molecule has 0 saturated carbocycles. The maximum absolute atomic E-state index is 5.36. The normalized spacial score (nSPS) is 10.0. The molecular weight excluding hydrogens is 214 g/mol. The summed E-state index contributed by atoms with van der Waals surface area (Å²) in [6.45, 7) is 2.64. The van der Waals surface area contributed by atoms with Gasteiger partial charge in [-0.05, 0) is 12.5 Å². The third kappa shape index (κ3) is 2.70. The molecule has 1 heterocycles. The summed E-state index contributed by atoms with van der Waals surface area (Å²) < 4.78 is 0. The van der Waals surface area contributed by atoms with Crippen molar-refractivity contribution in [2.45, 2.75) is 13.5 Å². The minimum atomic E-state index is 0.635. The van der Waals surface area contributed by atoms with Crippen LogP contribution in [0.4, 0.5) is 11.6 Å². The fourth-order valence-electron chi connectivity index (χ4n) is 1.56. The predicted octanol–water partition coefficient (Wildman–Crippen LogP) is 1.68. The number of hydrogen-bond donors (Lipinski definition) is 3. The van der Waals surface area contributed by atoms with E-state index in [-0.39, 0.29) is 0 Å². The van der Waals surface area contributed by atoms with Crippen molar-refractivity contribution in [3.63, 3.8) is 0 Å². The van der Waals surface area contributed by atoms with Gasteiger partial charge in [-0.1, -0.05) is 30.3 Å². The highest BCUT2D eigenvalue weighted by Crippen LogP contribution is 2.17. The van der Waals surface area contributed by atoms with Crippen LogP contribution < -0.4 is 16.6 Å². The first-order valence-corrected chi connectivity index (χ1v) is 5.37. The average molecular weight is 229 g/mol. The van der Waals surface area contributed by atoms with Gasteiger partial charge in [0.2, 0.25) is 0 Å². The number of anilines is 2. The fraction of sp³-hybridized carbons (Fsp3) is 0.167. The van der Waals surface area contributed by atoms with E-state index in [0.29, 0.717) is 5.82 Å². The molecule has 0 aliphatic heterocycles. The van der Waals surface area contributed by atoms with Crippen LogP contribution in [0.3, 0.4) is 0 Å². The molecule has 2 rings (SSSR count). The molecule has 0 atom stereocenters. The Hall–Kier alpha value is -2.14. The number of hydrogen-bond acceptors (Lipinski definition) is 5. The Morgan fingerprint density at radius 2 is 1.82 bits per heavy atom. The minimum Gasteiger partial charge on any atom is -0.366 e. The quantitative estimate of drug-likeness (QED) is 0.549. The third-order valence-electron chi connectivity index (χ3n) is 2.52. The van der Waals surface area contributed by atoms with Crippen molar-refractivity contribution < 1.29 is 0 Å². The molecule has 0 unspecified atom stereocenters. The molecule has 5 heteroatoms. The second-order valence-electron chi connectivity index (χ2n) is 3.68. The largest absolute Gasteiger partial charge is 0.366 e. The summed E-state index contributed by atoms with van der Waals surface area (Å²) in [7, 11) is 0. The highest BCUT2D eigenvalue weighted by Gasteiger charge is 2.04. The first-order valence-electron chi connectivity index (χ1n) is 5.37. The Kier molecular flexibility index (Phi) is 3.52. The van der Waals surface area contributed by atoms with E-state index < -0.39 is 0 Å². The van der Waals surface area contributed by atoms with Gasteiger partial charge in [0.25, 0.3) is 0 Å². The van der Waals surface area contributed by atoms with Gasteiger partial charge in [-0.3, -0.25) is 0 Å². The van der Waals surface area contributed by atoms with Gasteiger partial charge >= 0.3 is 0 Å². The molecule has 88 valence electrons. The van der Waals surface area contributed by atoms with E-state index in [1.807, 2.05) is 25.1 Å². The van der Waals surface area contributed by atoms with Crippen LogP contribution in [-0.2, 0) is 6.54 Å². The number of nitrogen functional groups attached to an aromatic ring is 1. The molecule has 17 heavy (non-hydrogen) atoms. The van der Waals surface area contributed by atoms with Gasteiger partial charge < -0.3 is 10.7 Å². The van der Waals surface area contributed by atoms with E-state index in [1.165, 1.54) is 11.9 Å². The summed E-state index contributed by atoms with van der Waals surface area (Å²) in [6, 6.07) is 10.1. The van der Waals surface area contributed by atoms with E-state index in [0.717, 1.165) is 17.9 Å². The summed E-state index contributed by atoms with van der Waals surface area (Å²) in [5, 5.41) is 3.26. The van der Waals surface area contributed by atoms with Gasteiger partial charge in [0.05, 0.1) is 0 Å². The van der Waals surface area contributed by atoms with Gasteiger partial charge in [0, 0.05) is 12.1 Å². The van der Waals surface area contributed by atoms with Gasteiger partial charge in [-0.15, -0.1) is 0 Å². The number of rotatable bonds is 4. The zero-order chi connectivity index (χ0) is 12.1. The van der Waals surface area contributed by atoms with E-state index in [4.69, 9.17) is 5.84 Å². The van der Waals surface area contributed by atoms with Crippen molar-refractivity contribution in [1.82, 2.24) is 9.97 Å². The van der Waals surface area contributed by atoms with E-state index >= 15 is 0 Å². The predicted molar refractivity (Wildman–Crippen MR) is 68.3 cm³/mol. The Bertz CT molecular complexity index is 484. The lowest BCUT2D eigenvalue weighted by Crippen LogP contribution is -2.12. The zero-order valence-corrected chi connectivity index (χ0v) is 9.64. The topological polar surface area (TPSA) is 75.9 Å². The number of benzene rings is 1. The van der Waals surface area contributed by atoms with Crippen molar-refractivity contribution in [3.8, 4) is 0 Å². The van der Waals surface area contributed by atoms with Crippen LogP contribution in [0.1, 0.15) is 11.1 Å². The number of hydrazine groups is 1. The molecule has 0 bridgehead atoms. The first kappa shape index (κ1) is 11.3. The highest BCUT2D eigenvalue weighted by molar-refractivity contribution is 5.55. The SMILES string of the molecule is Cc1c(NN)ncnc1NCc1ccccc1. The lowest BCUT2D eigenvalue weighted by atomic mass is 10.2. The fourth-order valence-corrected chi connectivity index (χ4v) is 1.56. The van der Waals surface area contributed by atoms with Gasteiger partial charge in [-0.2, -0.15) is 0 Å². The molecule has 0 radical (unpaired) electrons. The van der Waals surface area contributed by atoms with Crippen LogP contribution in [-0.4, -0.2) is 9.97 Å². The van der Waals surface area contributed by atoms with Gasteiger partial charge in [0.15, 0.2) is 0 Å². The minimum absolute atomic E-state index is 0.635. The van der Waals surface area contributed by atoms with Crippen molar-refractivity contribution in [2.24, 2.45) is 5.84 Å². The van der Waals surface area contributed by atoms with Crippen molar-refractivity contribution in [3.05, 3.63) is 47.8 Å². The molecule has 5 nitrogen and oxygen atoms in total. The van der Waals surface area contributed by atoms with Crippen LogP contribution in [0.25, 0.3) is 0 Å². The summed E-state index contributed by atoms with van der Waals surface area (Å²) in [5.74, 6) is 6.78. The van der Waals surface area contributed by atoms with Crippen LogP contribution in [0.15, 0.2) is 36.7 Å². The Labute approximate surface area is 100 Å². The summed E-state index contributed by atoms with van der Waals surface area (Å²) in [6.07, 6.45) is 1.48. The molecule has 0 aliphatic rings. The van der Waals surface area contributed by atoms with E-state index in [2.05, 4.69) is 32.8 Å². The lowest BCUT2D eigenvalue weighted by Gasteiger charge is -2.10. The monoisotopic (exact) mass is 229 g/mol. The van der Waals surface area contributed by atoms with Crippen LogP contribution in [0, 0.1) is 6.92 Å². The van der Waals surface area contributed by atoms with Gasteiger partial charge in [-0.25, -0.2) is 15.8 Å². The molecule has 0 fully saturated rings. The van der Waals surface area contributed by atoms with Crippen LogP contribution in [0.5, 0.6) is 0 Å². The number of nitrogens with two attached hydrogens (primary N) is 1. The average Bonchev–Trinajstić information content (AvgIpc) is 2.39. The Morgan fingerprint density at radius 3 is 2.53 bits per heavy atom. The van der Waals surface area contributed by atoms with Crippen molar-refractivity contribution >= 4 is 11.6 Å². The standard InChI is InChI=1S/C12H15N5/c1-9-11(15-8-16-12(9)17-13)14-7-10-5-3-2-4-6-10/h2-6,8H,7,13H2,1H3,(H2,14,15,16,17). The summed E-state index contributed by atoms with van der Waals surface area (Å²) in [4.78, 5) is 8.21. The molecule has 0 saturated heterocycles. The molecule has 2 aromatic rings. The van der Waals surface area contributed by atoms with Crippen LogP contribution >= 0.6 is 0 Å². The molecule has 1 aromatic heterocycles. The molecule has 0 aliphatic carbocycles. The Balaban J connectivity index is 2.09. The van der Waals surface area contributed by atoms with Crippen molar-refractivity contribution in [2.75, 3.05) is 10.7 Å². The second-order valence-corrected chi connectivity index (χ2v) is 3.68. The third-order valence-corrected chi connectivity index (χ3v) is 2.52. The zero-order valence-electron chi connectivity index (χ0n) is 9.64. The summed E-state index contributed by atoms with van der Waals surface area (Å²) in [5.41, 5.74) is 4.65. The van der Waals surface area contributed by atoms with Gasteiger partial charge in [0.1, 0.15) is 18.0 Å². The lowest BCUT2D eigenvalue weighted by molar-refractivity contribution is 1.05. The number of aromatic nitrogens is 2. The number of nitrogens with one attached hydrogen (secondary N) is 2. The highest BCUT2D eigenvalue weighted by atomic mass is 15.3. The molecule has 1 aromatic carbocycles. The maximum Gasteiger partial charge on any atom is 0.148 e. The number of nitrogens with zero attached hydrogens (tertiary/aromatic N) is 2. The maximum atomic E-state index is 5.36. The molecule has 0 spiro atoms. The molecular formula is C12H15N5. The second kappa shape index (κ2) is 5.27. The van der Waals surface area contributed by atoms with E-state index in [1.54, 1.807) is 0 Å². The Morgan fingerprint density at radius 1 is 1.12 bits per heavy atom. The van der Waals surface area contributed by atoms with Crippen molar-refractivity contribution in [1.29, 1.82) is 0 Å². The van der Waals surface area contributed by atoms with Crippen LogP contribution in [0.2, 0.25) is 0 Å². The first-order chi connectivity index (χ1) is 8.31. The summed E-state index contributed by atoms with van der Waals surface area (Å²) >= 11 is 0. The molecule has 0 amide bonds.